The Morgan fingerprint density at radius 3 is 2.67 bits per heavy atom. The molecule has 0 aliphatic rings. The molecule has 0 aromatic carbocycles. The van der Waals surface area contributed by atoms with E-state index in [1.807, 2.05) is 18.5 Å². The van der Waals surface area contributed by atoms with Crippen LogP contribution in [0.15, 0.2) is 17.2 Å². The Balaban J connectivity index is 3.09. The first-order valence-electron chi connectivity index (χ1n) is 4.85. The van der Waals surface area contributed by atoms with Crippen molar-refractivity contribution in [2.75, 3.05) is 7.05 Å². The van der Waals surface area contributed by atoms with Crippen LogP contribution in [0.4, 0.5) is 0 Å². The lowest BCUT2D eigenvalue weighted by atomic mass is 10.4. The summed E-state index contributed by atoms with van der Waals surface area (Å²) in [6, 6.07) is 1.61. The highest BCUT2D eigenvalue weighted by molar-refractivity contribution is 7.89. The van der Waals surface area contributed by atoms with Gasteiger partial charge in [0.1, 0.15) is 0 Å². The van der Waals surface area contributed by atoms with E-state index in [1.165, 1.54) is 0 Å². The monoisotopic (exact) mass is 231 g/mol. The minimum atomic E-state index is -3.59. The van der Waals surface area contributed by atoms with Crippen molar-refractivity contribution in [3.63, 3.8) is 0 Å². The summed E-state index contributed by atoms with van der Waals surface area (Å²) in [5.74, 6) is 0. The summed E-state index contributed by atoms with van der Waals surface area (Å²) in [7, 11) is -1.77. The first-order valence-corrected chi connectivity index (χ1v) is 6.40. The number of nitrogens with zero attached hydrogens (tertiary/aromatic N) is 1. The molecule has 0 saturated heterocycles. The minimum Gasteiger partial charge on any atom is -0.349 e. The van der Waals surface area contributed by atoms with Gasteiger partial charge in [-0.15, -0.1) is 0 Å². The SMILES string of the molecule is CCCn1cc(S(N)(=O)=O)cc1CNC. The summed E-state index contributed by atoms with van der Waals surface area (Å²) in [6.07, 6.45) is 2.54. The summed E-state index contributed by atoms with van der Waals surface area (Å²) < 4.78 is 24.2. The maximum Gasteiger partial charge on any atom is 0.239 e. The lowest BCUT2D eigenvalue weighted by molar-refractivity contribution is 0.596. The first kappa shape index (κ1) is 12.2. The molecule has 0 unspecified atom stereocenters. The van der Waals surface area contributed by atoms with E-state index in [9.17, 15) is 8.42 Å². The van der Waals surface area contributed by atoms with Gasteiger partial charge in [0.2, 0.25) is 10.0 Å². The van der Waals surface area contributed by atoms with Crippen LogP contribution < -0.4 is 10.5 Å². The smallest absolute Gasteiger partial charge is 0.239 e. The highest BCUT2D eigenvalue weighted by Gasteiger charge is 2.13. The molecule has 1 aromatic rings. The number of nitrogens with two attached hydrogens (primary N) is 1. The second-order valence-electron chi connectivity index (χ2n) is 3.44. The van der Waals surface area contributed by atoms with Gasteiger partial charge in [-0.3, -0.25) is 0 Å². The molecule has 86 valence electrons. The Morgan fingerprint density at radius 1 is 1.53 bits per heavy atom. The summed E-state index contributed by atoms with van der Waals surface area (Å²) >= 11 is 0. The third kappa shape index (κ3) is 3.05. The molecule has 0 radical (unpaired) electrons. The molecule has 15 heavy (non-hydrogen) atoms. The van der Waals surface area contributed by atoms with Gasteiger partial charge < -0.3 is 9.88 Å². The van der Waals surface area contributed by atoms with Crippen LogP contribution in [0.3, 0.4) is 0 Å². The fourth-order valence-corrected chi connectivity index (χ4v) is 2.03. The quantitative estimate of drug-likeness (QED) is 0.763. The lowest BCUT2D eigenvalue weighted by Gasteiger charge is -2.05. The van der Waals surface area contributed by atoms with Crippen molar-refractivity contribution in [2.45, 2.75) is 31.3 Å². The van der Waals surface area contributed by atoms with Crippen LogP contribution in [0.25, 0.3) is 0 Å². The average Bonchev–Trinajstić information content (AvgIpc) is 2.50. The van der Waals surface area contributed by atoms with Gasteiger partial charge in [-0.2, -0.15) is 0 Å². The van der Waals surface area contributed by atoms with Gasteiger partial charge in [0, 0.05) is 25.0 Å². The Hall–Kier alpha value is -0.850. The standard InChI is InChI=1S/C9H17N3O2S/c1-3-4-12-7-9(15(10,13)14)5-8(12)6-11-2/h5,7,11H,3-4,6H2,1-2H3,(H2,10,13,14). The average molecular weight is 231 g/mol. The first-order chi connectivity index (χ1) is 6.99. The highest BCUT2D eigenvalue weighted by Crippen LogP contribution is 2.13. The van der Waals surface area contributed by atoms with Crippen LogP contribution in [0.5, 0.6) is 0 Å². The van der Waals surface area contributed by atoms with E-state index in [1.54, 1.807) is 12.3 Å². The second kappa shape index (κ2) is 4.78. The largest absolute Gasteiger partial charge is 0.349 e. The third-order valence-corrected chi connectivity index (χ3v) is 2.99. The molecule has 0 aliphatic heterocycles. The van der Waals surface area contributed by atoms with E-state index in [4.69, 9.17) is 5.14 Å². The van der Waals surface area contributed by atoms with E-state index in [0.717, 1.165) is 18.7 Å². The normalized spacial score (nSPS) is 11.9. The number of sulfonamides is 1. The van der Waals surface area contributed by atoms with Gasteiger partial charge in [-0.1, -0.05) is 6.92 Å². The molecule has 0 saturated carbocycles. The van der Waals surface area contributed by atoms with Crippen molar-refractivity contribution in [1.82, 2.24) is 9.88 Å². The molecule has 0 amide bonds. The summed E-state index contributed by atoms with van der Waals surface area (Å²) in [5.41, 5.74) is 0.934. The fourth-order valence-electron chi connectivity index (χ4n) is 1.46. The minimum absolute atomic E-state index is 0.182. The van der Waals surface area contributed by atoms with E-state index < -0.39 is 10.0 Å². The lowest BCUT2D eigenvalue weighted by Crippen LogP contribution is -2.11. The van der Waals surface area contributed by atoms with Gasteiger partial charge in [-0.25, -0.2) is 13.6 Å². The van der Waals surface area contributed by atoms with Gasteiger partial charge in [0.05, 0.1) is 4.90 Å². The zero-order valence-electron chi connectivity index (χ0n) is 9.03. The van der Waals surface area contributed by atoms with Crippen molar-refractivity contribution in [1.29, 1.82) is 0 Å². The number of nitrogens with one attached hydrogen (secondary N) is 1. The number of aromatic nitrogens is 1. The second-order valence-corrected chi connectivity index (χ2v) is 5.00. The molecule has 6 heteroatoms. The van der Waals surface area contributed by atoms with Crippen LogP contribution in [0.1, 0.15) is 19.0 Å². The van der Waals surface area contributed by atoms with Crippen molar-refractivity contribution >= 4 is 10.0 Å². The van der Waals surface area contributed by atoms with Gasteiger partial charge >= 0.3 is 0 Å². The third-order valence-electron chi connectivity index (χ3n) is 2.11. The zero-order chi connectivity index (χ0) is 11.5. The summed E-state index contributed by atoms with van der Waals surface area (Å²) in [6.45, 7) is 3.47. The van der Waals surface area contributed by atoms with Gasteiger partial charge in [0.15, 0.2) is 0 Å². The van der Waals surface area contributed by atoms with Crippen LogP contribution in [0, 0.1) is 0 Å². The maximum atomic E-state index is 11.2. The molecule has 1 rings (SSSR count). The Kier molecular flexibility index (Phi) is 3.90. The van der Waals surface area contributed by atoms with Crippen molar-refractivity contribution in [3.05, 3.63) is 18.0 Å². The molecular formula is C9H17N3O2S. The topological polar surface area (TPSA) is 77.1 Å². The van der Waals surface area contributed by atoms with Crippen LogP contribution in [0.2, 0.25) is 0 Å². The molecule has 1 aromatic heterocycles. The summed E-state index contributed by atoms with van der Waals surface area (Å²) in [5, 5.41) is 8.06. The van der Waals surface area contributed by atoms with Crippen molar-refractivity contribution in [3.8, 4) is 0 Å². The Morgan fingerprint density at radius 2 is 2.20 bits per heavy atom. The van der Waals surface area contributed by atoms with Crippen molar-refractivity contribution in [2.24, 2.45) is 5.14 Å². The predicted molar refractivity (Wildman–Crippen MR) is 58.9 cm³/mol. The predicted octanol–water partition coefficient (Wildman–Crippen LogP) is 0.265. The Labute approximate surface area is 90.3 Å². The van der Waals surface area contributed by atoms with E-state index in [0.29, 0.717) is 6.54 Å². The van der Waals surface area contributed by atoms with Crippen molar-refractivity contribution < 1.29 is 8.42 Å². The number of aryl methyl sites for hydroxylation is 1. The van der Waals surface area contributed by atoms with Crippen LogP contribution >= 0.6 is 0 Å². The molecule has 3 N–H and O–H groups in total. The van der Waals surface area contributed by atoms with Crippen LogP contribution in [-0.2, 0) is 23.1 Å². The number of primary sulfonamides is 1. The molecule has 5 nitrogen and oxygen atoms in total. The molecular weight excluding hydrogens is 214 g/mol. The van der Waals surface area contributed by atoms with Crippen LogP contribution in [-0.4, -0.2) is 20.0 Å². The molecule has 0 fully saturated rings. The molecule has 0 atom stereocenters. The molecule has 0 bridgehead atoms. The van der Waals surface area contributed by atoms with Gasteiger partial charge in [-0.05, 0) is 19.5 Å². The fraction of sp³-hybridized carbons (Fsp3) is 0.556. The maximum absolute atomic E-state index is 11.2. The van der Waals surface area contributed by atoms with E-state index in [-0.39, 0.29) is 4.90 Å². The zero-order valence-corrected chi connectivity index (χ0v) is 9.84. The molecule has 0 spiro atoms. The Bertz CT molecular complexity index is 399. The number of hydrogen-bond donors (Lipinski definition) is 2. The molecule has 0 aliphatic carbocycles. The summed E-state index contributed by atoms with van der Waals surface area (Å²) in [4.78, 5) is 0.182. The molecule has 1 heterocycles. The highest BCUT2D eigenvalue weighted by atomic mass is 32.2. The van der Waals surface area contributed by atoms with Gasteiger partial charge in [0.25, 0.3) is 0 Å². The number of hydrogen-bond acceptors (Lipinski definition) is 3. The van der Waals surface area contributed by atoms with E-state index >= 15 is 0 Å². The van der Waals surface area contributed by atoms with E-state index in [2.05, 4.69) is 5.32 Å². The number of rotatable bonds is 5.